The lowest BCUT2D eigenvalue weighted by Crippen LogP contribution is -2.36. The second-order valence-corrected chi connectivity index (χ2v) is 11.0. The number of fused-ring (bicyclic) bond motifs is 1. The fourth-order valence-electron chi connectivity index (χ4n) is 3.10. The van der Waals surface area contributed by atoms with Crippen molar-refractivity contribution in [3.05, 3.63) is 47.5 Å². The fourth-order valence-corrected chi connectivity index (χ4v) is 5.08. The highest BCUT2D eigenvalue weighted by atomic mass is 35.5. The van der Waals surface area contributed by atoms with Crippen molar-refractivity contribution in [2.75, 3.05) is 53.3 Å². The van der Waals surface area contributed by atoms with E-state index in [-0.39, 0.29) is 23.2 Å². The molecule has 11 heteroatoms. The van der Waals surface area contributed by atoms with Crippen molar-refractivity contribution < 1.29 is 17.9 Å². The van der Waals surface area contributed by atoms with Crippen molar-refractivity contribution in [1.82, 2.24) is 14.2 Å². The minimum atomic E-state index is -3.57. The minimum absolute atomic E-state index is 0. The van der Waals surface area contributed by atoms with Crippen LogP contribution in [0.25, 0.3) is 10.2 Å². The third-order valence-electron chi connectivity index (χ3n) is 5.04. The molecule has 0 unspecified atom stereocenters. The maximum absolute atomic E-state index is 13.5. The summed E-state index contributed by atoms with van der Waals surface area (Å²) in [5.74, 6) is 0.419. The molecule has 0 aliphatic rings. The van der Waals surface area contributed by atoms with E-state index >= 15 is 0 Å². The van der Waals surface area contributed by atoms with Crippen molar-refractivity contribution in [3.63, 3.8) is 0 Å². The highest BCUT2D eigenvalue weighted by Gasteiger charge is 2.24. The fraction of sp³-hybridized carbons (Fsp3) is 0.364. The summed E-state index contributed by atoms with van der Waals surface area (Å²) >= 11 is 1.44. The Labute approximate surface area is 205 Å². The summed E-state index contributed by atoms with van der Waals surface area (Å²) in [5.41, 5.74) is 2.18. The normalized spacial score (nSPS) is 11.6. The van der Waals surface area contributed by atoms with Crippen LogP contribution in [0.2, 0.25) is 0 Å². The van der Waals surface area contributed by atoms with Gasteiger partial charge in [-0.3, -0.25) is 9.69 Å². The lowest BCUT2D eigenvalue weighted by Gasteiger charge is -2.22. The lowest BCUT2D eigenvalue weighted by atomic mass is 10.2. The summed E-state index contributed by atoms with van der Waals surface area (Å²) in [6.45, 7) is 3.08. The minimum Gasteiger partial charge on any atom is -0.494 e. The molecule has 0 saturated heterocycles. The number of sulfonamides is 1. The van der Waals surface area contributed by atoms with Gasteiger partial charge in [0.25, 0.3) is 5.91 Å². The molecule has 33 heavy (non-hydrogen) atoms. The Bertz CT molecular complexity index is 1230. The highest BCUT2D eigenvalue weighted by molar-refractivity contribution is 7.89. The number of carbonyl (C=O) groups excluding carboxylic acids is 1. The van der Waals surface area contributed by atoms with Gasteiger partial charge in [-0.1, -0.05) is 17.4 Å². The molecule has 1 heterocycles. The third kappa shape index (κ3) is 5.64. The van der Waals surface area contributed by atoms with E-state index in [4.69, 9.17) is 9.72 Å². The number of aryl methyl sites for hydroxylation is 1. The number of likely N-dealkylation sites (N-methyl/N-ethyl adjacent to an activating group) is 1. The molecule has 1 aromatic heterocycles. The molecule has 1 amide bonds. The number of benzene rings is 2. The smallest absolute Gasteiger partial charge is 0.260 e. The number of hydrogen-bond donors (Lipinski definition) is 0. The molecule has 180 valence electrons. The second-order valence-electron chi connectivity index (χ2n) is 7.83. The van der Waals surface area contributed by atoms with Gasteiger partial charge in [0.05, 0.1) is 16.7 Å². The van der Waals surface area contributed by atoms with Crippen LogP contribution in [-0.4, -0.2) is 76.9 Å². The van der Waals surface area contributed by atoms with Crippen LogP contribution in [0.5, 0.6) is 5.75 Å². The van der Waals surface area contributed by atoms with E-state index in [0.717, 1.165) is 20.1 Å². The molecule has 0 fully saturated rings. The Balaban J connectivity index is 0.00000385. The average molecular weight is 513 g/mol. The van der Waals surface area contributed by atoms with Gasteiger partial charge in [-0.2, -0.15) is 0 Å². The molecule has 0 atom stereocenters. The Morgan fingerprint density at radius 1 is 1.03 bits per heavy atom. The number of rotatable bonds is 8. The van der Waals surface area contributed by atoms with Gasteiger partial charge in [0.1, 0.15) is 11.3 Å². The Hall–Kier alpha value is -2.24. The molecule has 3 aromatic rings. The number of halogens is 1. The first kappa shape index (κ1) is 27.0. The number of hydrogen-bond acceptors (Lipinski definition) is 7. The average Bonchev–Trinajstić information content (AvgIpc) is 3.20. The van der Waals surface area contributed by atoms with Crippen molar-refractivity contribution in [2.45, 2.75) is 11.8 Å². The van der Waals surface area contributed by atoms with Crippen LogP contribution in [0.15, 0.2) is 41.3 Å². The Kier molecular flexibility index (Phi) is 8.83. The monoisotopic (exact) mass is 512 g/mol. The summed E-state index contributed by atoms with van der Waals surface area (Å²) in [6, 6.07) is 9.84. The lowest BCUT2D eigenvalue weighted by molar-refractivity contribution is 0.0985. The van der Waals surface area contributed by atoms with E-state index in [1.54, 1.807) is 24.1 Å². The number of ether oxygens (including phenoxy) is 1. The molecule has 0 aliphatic carbocycles. The number of anilines is 1. The first-order valence-corrected chi connectivity index (χ1v) is 12.2. The van der Waals surface area contributed by atoms with Gasteiger partial charge in [0.2, 0.25) is 10.0 Å². The number of nitrogens with zero attached hydrogens (tertiary/aromatic N) is 4. The zero-order valence-electron chi connectivity index (χ0n) is 19.5. The number of amides is 1. The van der Waals surface area contributed by atoms with Crippen LogP contribution in [-0.2, 0) is 10.0 Å². The van der Waals surface area contributed by atoms with Gasteiger partial charge in [0.15, 0.2) is 5.13 Å². The van der Waals surface area contributed by atoms with E-state index in [9.17, 15) is 13.2 Å². The molecule has 0 aliphatic heterocycles. The van der Waals surface area contributed by atoms with Gasteiger partial charge in [0, 0.05) is 32.7 Å². The highest BCUT2D eigenvalue weighted by Crippen LogP contribution is 2.36. The predicted molar refractivity (Wildman–Crippen MR) is 136 cm³/mol. The van der Waals surface area contributed by atoms with Crippen molar-refractivity contribution in [1.29, 1.82) is 0 Å². The Morgan fingerprint density at radius 3 is 2.21 bits per heavy atom. The molecule has 0 bridgehead atoms. The van der Waals surface area contributed by atoms with E-state index in [2.05, 4.69) is 0 Å². The van der Waals surface area contributed by atoms with Gasteiger partial charge >= 0.3 is 0 Å². The predicted octanol–water partition coefficient (Wildman–Crippen LogP) is 3.49. The van der Waals surface area contributed by atoms with Crippen LogP contribution in [0.3, 0.4) is 0 Å². The van der Waals surface area contributed by atoms with Crippen LogP contribution in [0, 0.1) is 6.92 Å². The van der Waals surface area contributed by atoms with Gasteiger partial charge in [-0.05, 0) is 56.9 Å². The van der Waals surface area contributed by atoms with Crippen LogP contribution in [0.1, 0.15) is 15.9 Å². The molecule has 2 aromatic carbocycles. The summed E-state index contributed by atoms with van der Waals surface area (Å²) in [7, 11) is 4.86. The molecular weight excluding hydrogens is 484 g/mol. The van der Waals surface area contributed by atoms with Crippen molar-refractivity contribution >= 4 is 55.0 Å². The largest absolute Gasteiger partial charge is 0.494 e. The molecule has 8 nitrogen and oxygen atoms in total. The second kappa shape index (κ2) is 10.8. The molecule has 3 rings (SSSR count). The molecule has 0 spiro atoms. The maximum Gasteiger partial charge on any atom is 0.260 e. The first-order valence-electron chi connectivity index (χ1n) is 9.99. The zero-order valence-corrected chi connectivity index (χ0v) is 22.0. The summed E-state index contributed by atoms with van der Waals surface area (Å²) in [4.78, 5) is 21.9. The number of aromatic nitrogens is 1. The first-order chi connectivity index (χ1) is 15.1. The standard InChI is InChI=1S/C22H28N4O4S2.ClH/c1-15-7-12-18(30-6)19-20(15)31-22(23-19)26(14-13-24(2)3)21(27)16-8-10-17(11-9-16)32(28,29)25(4)5;/h7-12H,13-14H2,1-6H3;1H. The quantitative estimate of drug-likeness (QED) is 0.459. The summed E-state index contributed by atoms with van der Waals surface area (Å²) in [5, 5.41) is 0.574. The van der Waals surface area contributed by atoms with Crippen molar-refractivity contribution in [3.8, 4) is 5.75 Å². The molecule has 0 saturated carbocycles. The SMILES string of the molecule is COc1ccc(C)c2sc(N(CCN(C)C)C(=O)c3ccc(S(=O)(=O)N(C)C)cc3)nc12.Cl. The topological polar surface area (TPSA) is 83.0 Å². The zero-order chi connectivity index (χ0) is 23.6. The third-order valence-corrected chi connectivity index (χ3v) is 8.08. The van der Waals surface area contributed by atoms with Gasteiger partial charge < -0.3 is 9.64 Å². The number of carbonyl (C=O) groups is 1. The number of thiazole rings is 1. The van der Waals surface area contributed by atoms with Gasteiger partial charge in [-0.25, -0.2) is 17.7 Å². The summed E-state index contributed by atoms with van der Waals surface area (Å²) < 4.78 is 32.2. The number of methoxy groups -OCH3 is 1. The van der Waals surface area contributed by atoms with Crippen LogP contribution in [0.4, 0.5) is 5.13 Å². The van der Waals surface area contributed by atoms with E-state index < -0.39 is 10.0 Å². The maximum atomic E-state index is 13.5. The molecule has 0 N–H and O–H groups in total. The van der Waals surface area contributed by atoms with Crippen LogP contribution >= 0.6 is 23.7 Å². The van der Waals surface area contributed by atoms with Gasteiger partial charge in [-0.15, -0.1) is 12.4 Å². The molecular formula is C22H29ClN4O4S2. The van der Waals surface area contributed by atoms with E-state index in [1.807, 2.05) is 38.1 Å². The van der Waals surface area contributed by atoms with E-state index in [0.29, 0.717) is 29.5 Å². The summed E-state index contributed by atoms with van der Waals surface area (Å²) in [6.07, 6.45) is 0. The molecule has 0 radical (unpaired) electrons. The Morgan fingerprint density at radius 2 is 1.67 bits per heavy atom. The van der Waals surface area contributed by atoms with E-state index in [1.165, 1.54) is 37.6 Å². The van der Waals surface area contributed by atoms with Crippen LogP contribution < -0.4 is 9.64 Å². The van der Waals surface area contributed by atoms with Crippen molar-refractivity contribution in [2.24, 2.45) is 0 Å².